The standard InChI is InChI=1S/C24H34O6/c1-17(2)23(26)29-12-6-9-20-15-19(5)16-21(22(20)28-14-8-11-25)10-7-13-30-24(27)18(3)4/h15-16,25H,1,3,6-14H2,2,4-5H3. The molecule has 0 heterocycles. The van der Waals surface area contributed by atoms with Crippen molar-refractivity contribution in [3.8, 4) is 5.75 Å². The van der Waals surface area contributed by atoms with Crippen molar-refractivity contribution in [3.05, 3.63) is 53.1 Å². The number of esters is 2. The minimum absolute atomic E-state index is 0.0598. The highest BCUT2D eigenvalue weighted by Crippen LogP contribution is 2.29. The molecule has 0 aliphatic carbocycles. The summed E-state index contributed by atoms with van der Waals surface area (Å²) in [5.41, 5.74) is 3.94. The van der Waals surface area contributed by atoms with Gasteiger partial charge in [-0.05, 0) is 57.6 Å². The van der Waals surface area contributed by atoms with Gasteiger partial charge in [-0.25, -0.2) is 9.59 Å². The van der Waals surface area contributed by atoms with Gasteiger partial charge in [-0.15, -0.1) is 0 Å². The van der Waals surface area contributed by atoms with Crippen molar-refractivity contribution in [3.63, 3.8) is 0 Å². The Kier molecular flexibility index (Phi) is 11.5. The molecule has 166 valence electrons. The second kappa shape index (κ2) is 13.6. The summed E-state index contributed by atoms with van der Waals surface area (Å²) in [5.74, 6) is 0.0267. The van der Waals surface area contributed by atoms with Gasteiger partial charge in [-0.1, -0.05) is 30.9 Å². The molecule has 1 N–H and O–H groups in total. The highest BCUT2D eigenvalue weighted by atomic mass is 16.5. The van der Waals surface area contributed by atoms with Crippen LogP contribution in [0.1, 0.15) is 49.8 Å². The number of rotatable bonds is 14. The van der Waals surface area contributed by atoms with E-state index in [-0.39, 0.29) is 18.5 Å². The predicted molar refractivity (Wildman–Crippen MR) is 117 cm³/mol. The van der Waals surface area contributed by atoms with Gasteiger partial charge in [0.1, 0.15) is 5.75 Å². The molecule has 0 bridgehead atoms. The van der Waals surface area contributed by atoms with E-state index >= 15 is 0 Å². The fourth-order valence-electron chi connectivity index (χ4n) is 2.83. The van der Waals surface area contributed by atoms with E-state index in [0.29, 0.717) is 63.1 Å². The molecule has 0 fully saturated rings. The minimum atomic E-state index is -0.386. The molecule has 0 unspecified atom stereocenters. The summed E-state index contributed by atoms with van der Waals surface area (Å²) in [7, 11) is 0. The maximum Gasteiger partial charge on any atom is 0.333 e. The lowest BCUT2D eigenvalue weighted by Gasteiger charge is -2.17. The third kappa shape index (κ3) is 9.27. The number of aliphatic hydroxyl groups excluding tert-OH is 1. The Morgan fingerprint density at radius 2 is 1.33 bits per heavy atom. The molecule has 0 aliphatic rings. The lowest BCUT2D eigenvalue weighted by Crippen LogP contribution is -2.10. The van der Waals surface area contributed by atoms with Crippen molar-refractivity contribution in [2.24, 2.45) is 0 Å². The fourth-order valence-corrected chi connectivity index (χ4v) is 2.83. The molecule has 0 radical (unpaired) electrons. The number of carbonyl (C=O) groups is 2. The monoisotopic (exact) mass is 418 g/mol. The lowest BCUT2D eigenvalue weighted by molar-refractivity contribution is -0.139. The number of carbonyl (C=O) groups excluding carboxylic acids is 2. The van der Waals surface area contributed by atoms with Crippen LogP contribution < -0.4 is 4.74 Å². The van der Waals surface area contributed by atoms with Crippen molar-refractivity contribution in [1.29, 1.82) is 0 Å². The van der Waals surface area contributed by atoms with Crippen molar-refractivity contribution >= 4 is 11.9 Å². The summed E-state index contributed by atoms with van der Waals surface area (Å²) in [6, 6.07) is 4.14. The Balaban J connectivity index is 2.81. The van der Waals surface area contributed by atoms with Gasteiger partial charge in [-0.3, -0.25) is 0 Å². The third-order valence-electron chi connectivity index (χ3n) is 4.28. The second-order valence-corrected chi connectivity index (χ2v) is 7.38. The molecule has 6 heteroatoms. The maximum atomic E-state index is 11.5. The molecule has 6 nitrogen and oxygen atoms in total. The molecule has 0 aromatic heterocycles. The fraction of sp³-hybridized carbons (Fsp3) is 0.500. The Morgan fingerprint density at radius 1 is 0.867 bits per heavy atom. The molecule has 0 saturated carbocycles. The third-order valence-corrected chi connectivity index (χ3v) is 4.28. The van der Waals surface area contributed by atoms with E-state index < -0.39 is 0 Å². The highest BCUT2D eigenvalue weighted by molar-refractivity contribution is 5.87. The van der Waals surface area contributed by atoms with Crippen LogP contribution in [-0.4, -0.2) is 43.5 Å². The topological polar surface area (TPSA) is 82.1 Å². The zero-order valence-electron chi connectivity index (χ0n) is 18.4. The smallest absolute Gasteiger partial charge is 0.333 e. The first-order valence-electron chi connectivity index (χ1n) is 10.3. The first-order chi connectivity index (χ1) is 14.3. The molecule has 0 saturated heterocycles. The molecule has 0 spiro atoms. The molecule has 1 aromatic carbocycles. The summed E-state index contributed by atoms with van der Waals surface area (Å²) in [6.45, 7) is 13.5. The zero-order chi connectivity index (χ0) is 22.5. The number of ether oxygens (including phenoxy) is 3. The SMILES string of the molecule is C=C(C)C(=O)OCCCc1cc(C)cc(CCCOC(=O)C(=C)C)c1OCCCO. The Morgan fingerprint density at radius 3 is 1.73 bits per heavy atom. The van der Waals surface area contributed by atoms with Gasteiger partial charge >= 0.3 is 11.9 Å². The van der Waals surface area contributed by atoms with Gasteiger partial charge in [0.15, 0.2) is 0 Å². The number of aliphatic hydroxyl groups is 1. The lowest BCUT2D eigenvalue weighted by atomic mass is 9.98. The average Bonchev–Trinajstić information content (AvgIpc) is 2.69. The number of hydrogen-bond donors (Lipinski definition) is 1. The number of hydrogen-bond acceptors (Lipinski definition) is 6. The first kappa shape index (κ1) is 25.4. The van der Waals surface area contributed by atoms with E-state index in [9.17, 15) is 9.59 Å². The molecule has 0 atom stereocenters. The van der Waals surface area contributed by atoms with Crippen LogP contribution in [0.25, 0.3) is 0 Å². The molecule has 0 amide bonds. The average molecular weight is 419 g/mol. The van der Waals surface area contributed by atoms with Crippen LogP contribution in [-0.2, 0) is 31.9 Å². The second-order valence-electron chi connectivity index (χ2n) is 7.38. The Bertz CT molecular complexity index is 695. The van der Waals surface area contributed by atoms with Crippen molar-refractivity contribution in [1.82, 2.24) is 0 Å². The van der Waals surface area contributed by atoms with E-state index in [2.05, 4.69) is 25.3 Å². The van der Waals surface area contributed by atoms with E-state index in [0.717, 1.165) is 22.4 Å². The van der Waals surface area contributed by atoms with Gasteiger partial charge in [-0.2, -0.15) is 0 Å². The van der Waals surface area contributed by atoms with Crippen LogP contribution in [0.5, 0.6) is 5.75 Å². The Hall–Kier alpha value is -2.60. The van der Waals surface area contributed by atoms with Gasteiger partial charge < -0.3 is 19.3 Å². The molecule has 1 aromatic rings. The van der Waals surface area contributed by atoms with Crippen LogP contribution in [0.4, 0.5) is 0 Å². The zero-order valence-corrected chi connectivity index (χ0v) is 18.4. The molecular weight excluding hydrogens is 384 g/mol. The van der Waals surface area contributed by atoms with Crippen molar-refractivity contribution in [2.45, 2.75) is 52.9 Å². The summed E-state index contributed by atoms with van der Waals surface area (Å²) >= 11 is 0. The van der Waals surface area contributed by atoms with Crippen LogP contribution in [0, 0.1) is 6.92 Å². The molecule has 30 heavy (non-hydrogen) atoms. The Labute approximate surface area is 179 Å². The maximum absolute atomic E-state index is 11.5. The molecular formula is C24H34O6. The normalized spacial score (nSPS) is 10.4. The number of benzene rings is 1. The predicted octanol–water partition coefficient (Wildman–Crippen LogP) is 3.86. The quantitative estimate of drug-likeness (QED) is 0.281. The van der Waals surface area contributed by atoms with Crippen LogP contribution in [0.3, 0.4) is 0 Å². The summed E-state index contributed by atoms with van der Waals surface area (Å²) in [4.78, 5) is 23.1. The van der Waals surface area contributed by atoms with Gasteiger partial charge in [0, 0.05) is 24.2 Å². The van der Waals surface area contributed by atoms with E-state index in [1.807, 2.05) is 6.92 Å². The summed E-state index contributed by atoms with van der Waals surface area (Å²) in [6.07, 6.45) is 3.25. The molecule has 0 aliphatic heterocycles. The van der Waals surface area contributed by atoms with Crippen molar-refractivity contribution < 1.29 is 28.9 Å². The van der Waals surface area contributed by atoms with Gasteiger partial charge in [0.2, 0.25) is 0 Å². The van der Waals surface area contributed by atoms with Crippen LogP contribution in [0.2, 0.25) is 0 Å². The highest BCUT2D eigenvalue weighted by Gasteiger charge is 2.13. The minimum Gasteiger partial charge on any atom is -0.493 e. The van der Waals surface area contributed by atoms with Gasteiger partial charge in [0.05, 0.1) is 19.8 Å². The largest absolute Gasteiger partial charge is 0.493 e. The molecule has 1 rings (SSSR count). The summed E-state index contributed by atoms with van der Waals surface area (Å²) in [5, 5.41) is 9.08. The van der Waals surface area contributed by atoms with Crippen LogP contribution >= 0.6 is 0 Å². The van der Waals surface area contributed by atoms with E-state index in [4.69, 9.17) is 19.3 Å². The van der Waals surface area contributed by atoms with Crippen molar-refractivity contribution in [2.75, 3.05) is 26.4 Å². The van der Waals surface area contributed by atoms with E-state index in [1.54, 1.807) is 13.8 Å². The number of aryl methyl sites for hydroxylation is 3. The van der Waals surface area contributed by atoms with Gasteiger partial charge in [0.25, 0.3) is 0 Å². The summed E-state index contributed by atoms with van der Waals surface area (Å²) < 4.78 is 16.3. The van der Waals surface area contributed by atoms with E-state index in [1.165, 1.54) is 0 Å². The first-order valence-corrected chi connectivity index (χ1v) is 10.3. The van der Waals surface area contributed by atoms with Crippen LogP contribution in [0.15, 0.2) is 36.4 Å².